The van der Waals surface area contributed by atoms with Gasteiger partial charge in [-0.25, -0.2) is 9.97 Å². The molecular weight excluding hydrogens is 351 g/mol. The Bertz CT molecular complexity index is 750. The van der Waals surface area contributed by atoms with Crippen LogP contribution in [0.4, 0.5) is 0 Å². The third-order valence-electron chi connectivity index (χ3n) is 3.27. The summed E-state index contributed by atoms with van der Waals surface area (Å²) >= 11 is 5.70. The monoisotopic (exact) mass is 364 g/mol. The van der Waals surface area contributed by atoms with Crippen LogP contribution in [-0.2, 0) is 25.6 Å². The van der Waals surface area contributed by atoms with E-state index in [0.717, 1.165) is 0 Å². The van der Waals surface area contributed by atoms with Crippen molar-refractivity contribution < 1.29 is 71.9 Å². The maximum atomic E-state index is 11.9. The number of hydrogen-bond donors (Lipinski definition) is 0. The van der Waals surface area contributed by atoms with Gasteiger partial charge in [0.15, 0.2) is 11.6 Å². The molecule has 0 bridgehead atoms. The molecule has 118 valence electrons. The molecule has 0 spiro atoms. The number of esters is 2. The molecule has 0 unspecified atom stereocenters. The zero-order valence-electron chi connectivity index (χ0n) is 13.9. The van der Waals surface area contributed by atoms with Gasteiger partial charge >= 0.3 is 63.3 Å². The molecule has 0 amide bonds. The predicted molar refractivity (Wildman–Crippen MR) is 75.8 cm³/mol. The summed E-state index contributed by atoms with van der Waals surface area (Å²) in [5, 5.41) is 0.111. The van der Waals surface area contributed by atoms with Crippen molar-refractivity contribution in [3.63, 3.8) is 0 Å². The molecule has 23 heavy (non-hydrogen) atoms. The Balaban J connectivity index is 0.00000144. The zero-order chi connectivity index (χ0) is 15.9. The first-order valence-corrected chi connectivity index (χ1v) is 7.02. The molecular formula is C13H14ClKN4O4. The zero-order valence-corrected chi connectivity index (χ0v) is 16.8. The third kappa shape index (κ3) is 4.09. The van der Waals surface area contributed by atoms with Gasteiger partial charge in [0.1, 0.15) is 5.52 Å². The van der Waals surface area contributed by atoms with Crippen LogP contribution in [0.1, 0.15) is 21.7 Å². The van der Waals surface area contributed by atoms with Gasteiger partial charge in [-0.2, -0.15) is 4.98 Å². The van der Waals surface area contributed by atoms with E-state index in [0.29, 0.717) is 17.7 Å². The number of nitrogens with zero attached hydrogens (tertiary/aromatic N) is 4. The summed E-state index contributed by atoms with van der Waals surface area (Å²) in [5.41, 5.74) is 1.12. The molecule has 0 aromatic carbocycles. The second kappa shape index (κ2) is 7.12. The van der Waals surface area contributed by atoms with Gasteiger partial charge in [0.05, 0.1) is 12.5 Å². The number of carbonyl (C=O) groups is 2. The molecule has 1 aliphatic heterocycles. The van der Waals surface area contributed by atoms with E-state index in [1.165, 1.54) is 20.0 Å². The van der Waals surface area contributed by atoms with Gasteiger partial charge in [-0.3, -0.25) is 9.59 Å². The predicted octanol–water partition coefficient (Wildman–Crippen LogP) is -1.56. The maximum Gasteiger partial charge on any atom is 1.00 e. The normalized spacial score (nSPS) is 17.5. The minimum absolute atomic E-state index is 0. The van der Waals surface area contributed by atoms with Crippen LogP contribution in [0, 0.1) is 5.92 Å². The second-order valence-corrected chi connectivity index (χ2v) is 5.71. The number of cyclic esters (lactones) is 2. The van der Waals surface area contributed by atoms with E-state index in [-0.39, 0.29) is 64.5 Å². The maximum absolute atomic E-state index is 11.9. The van der Waals surface area contributed by atoms with Crippen LogP contribution in [0.2, 0.25) is 5.28 Å². The average molecular weight is 365 g/mol. The largest absolute Gasteiger partial charge is 1.00 e. The fraction of sp³-hybridized carbons (Fsp3) is 0.462. The van der Waals surface area contributed by atoms with Crippen LogP contribution in [0.25, 0.3) is 11.2 Å². The van der Waals surface area contributed by atoms with Crippen LogP contribution in [0.5, 0.6) is 0 Å². The average Bonchev–Trinajstić information content (AvgIpc) is 2.78. The molecule has 1 saturated heterocycles. The Morgan fingerprint density at radius 1 is 1.30 bits per heavy atom. The van der Waals surface area contributed by atoms with Crippen LogP contribution < -0.4 is 51.4 Å². The van der Waals surface area contributed by atoms with Gasteiger partial charge in [-0.15, -0.1) is 0 Å². The molecule has 0 atom stereocenters. The molecule has 3 heterocycles. The van der Waals surface area contributed by atoms with Gasteiger partial charge in [0.2, 0.25) is 5.28 Å². The van der Waals surface area contributed by atoms with E-state index in [9.17, 15) is 9.59 Å². The number of imidazole rings is 1. The van der Waals surface area contributed by atoms with Crippen molar-refractivity contribution >= 4 is 34.7 Å². The van der Waals surface area contributed by atoms with E-state index >= 15 is 0 Å². The van der Waals surface area contributed by atoms with E-state index in [4.69, 9.17) is 21.1 Å². The van der Waals surface area contributed by atoms with Crippen LogP contribution in [0.3, 0.4) is 0 Å². The van der Waals surface area contributed by atoms with Gasteiger partial charge in [-0.05, 0) is 18.0 Å². The van der Waals surface area contributed by atoms with Crippen molar-refractivity contribution in [3.05, 3.63) is 17.8 Å². The summed E-state index contributed by atoms with van der Waals surface area (Å²) in [7, 11) is 0. The molecule has 2 aromatic rings. The number of aromatic nitrogens is 4. The Kier molecular flexibility index (Phi) is 5.80. The number of fused-ring (bicyclic) bond motifs is 1. The number of ether oxygens (including phenoxy) is 2. The van der Waals surface area contributed by atoms with E-state index in [1.54, 1.807) is 10.9 Å². The summed E-state index contributed by atoms with van der Waals surface area (Å²) in [4.78, 5) is 35.8. The van der Waals surface area contributed by atoms with E-state index < -0.39 is 23.6 Å². The first-order valence-electron chi connectivity index (χ1n) is 6.65. The Hall–Kier alpha value is -0.584. The fourth-order valence-electron chi connectivity index (χ4n) is 2.26. The topological polar surface area (TPSA) is 96.2 Å². The van der Waals surface area contributed by atoms with Crippen molar-refractivity contribution in [3.8, 4) is 0 Å². The standard InChI is InChI=1S/C13H13ClN4O4.K.H/c1-13(2)21-10(19)7(11(20)22-13)3-4-18-6-16-9-8(18)5-15-12(14)17-9;;/h5-7H,3-4H2,1-2H3;;/q;+1;-1. The molecule has 1 fully saturated rings. The van der Waals surface area contributed by atoms with Gasteiger partial charge in [0, 0.05) is 20.4 Å². The van der Waals surface area contributed by atoms with Crippen molar-refractivity contribution in [2.24, 2.45) is 5.92 Å². The molecule has 0 radical (unpaired) electrons. The SMILES string of the molecule is CC1(C)OC(=O)C(CCn2cnc3nc(Cl)ncc32)C(=O)O1.[H-].[K+]. The molecule has 8 nitrogen and oxygen atoms in total. The summed E-state index contributed by atoms with van der Waals surface area (Å²) in [6, 6.07) is 0. The van der Waals surface area contributed by atoms with Crippen LogP contribution in [0.15, 0.2) is 12.5 Å². The summed E-state index contributed by atoms with van der Waals surface area (Å²) in [5.74, 6) is -3.31. The van der Waals surface area contributed by atoms with Crippen LogP contribution >= 0.6 is 11.6 Å². The summed E-state index contributed by atoms with van der Waals surface area (Å²) < 4.78 is 11.9. The summed E-state index contributed by atoms with van der Waals surface area (Å²) in [6.07, 6.45) is 3.33. The first-order chi connectivity index (χ1) is 10.4. The number of carbonyl (C=O) groups excluding carboxylic acids is 2. The minimum atomic E-state index is -1.21. The van der Waals surface area contributed by atoms with Crippen molar-refractivity contribution in [1.29, 1.82) is 0 Å². The first kappa shape index (κ1) is 18.8. The third-order valence-corrected chi connectivity index (χ3v) is 3.45. The van der Waals surface area contributed by atoms with Gasteiger partial charge in [-0.1, -0.05) is 0 Å². The molecule has 1 aliphatic rings. The van der Waals surface area contributed by atoms with Gasteiger partial charge < -0.3 is 15.5 Å². The Morgan fingerprint density at radius 2 is 1.96 bits per heavy atom. The quantitative estimate of drug-likeness (QED) is 0.281. The number of halogens is 1. The van der Waals surface area contributed by atoms with Crippen molar-refractivity contribution in [1.82, 2.24) is 19.5 Å². The Labute approximate surface area is 180 Å². The van der Waals surface area contributed by atoms with E-state index in [2.05, 4.69) is 15.0 Å². The molecule has 10 heteroatoms. The van der Waals surface area contributed by atoms with E-state index in [1.807, 2.05) is 0 Å². The molecule has 0 saturated carbocycles. The Morgan fingerprint density at radius 3 is 2.61 bits per heavy atom. The smallest absolute Gasteiger partial charge is 1.00 e. The van der Waals surface area contributed by atoms with Crippen molar-refractivity contribution in [2.45, 2.75) is 32.6 Å². The number of hydrogen-bond acceptors (Lipinski definition) is 7. The van der Waals surface area contributed by atoms with Gasteiger partial charge in [0.25, 0.3) is 5.79 Å². The van der Waals surface area contributed by atoms with Crippen LogP contribution in [-0.4, -0.2) is 37.2 Å². The summed E-state index contributed by atoms with van der Waals surface area (Å²) in [6.45, 7) is 3.41. The number of rotatable bonds is 3. The molecule has 2 aromatic heterocycles. The second-order valence-electron chi connectivity index (χ2n) is 5.37. The minimum Gasteiger partial charge on any atom is -1.00 e. The molecule has 3 rings (SSSR count). The fourth-order valence-corrected chi connectivity index (χ4v) is 2.38. The molecule has 0 N–H and O–H groups in total. The number of aryl methyl sites for hydroxylation is 1. The molecule has 0 aliphatic carbocycles. The van der Waals surface area contributed by atoms with Crippen molar-refractivity contribution in [2.75, 3.05) is 0 Å².